The highest BCUT2D eigenvalue weighted by molar-refractivity contribution is 5.81. The molecule has 0 unspecified atom stereocenters. The molecule has 0 aromatic heterocycles. The molecule has 0 bridgehead atoms. The molecule has 0 atom stereocenters. The second kappa shape index (κ2) is 11.3. The maximum Gasteiger partial charge on any atom is 0.223 e. The molecule has 0 heterocycles. The molecule has 0 saturated heterocycles. The number of aliphatic imine (C=N–C) groups is 1. The molecule has 2 N–H and O–H groups in total. The van der Waals surface area contributed by atoms with Crippen LogP contribution in [0.5, 0.6) is 0 Å². The molecule has 0 fully saturated rings. The summed E-state index contributed by atoms with van der Waals surface area (Å²) in [7, 11) is 5.27. The van der Waals surface area contributed by atoms with Crippen molar-refractivity contribution in [2.45, 2.75) is 19.8 Å². The van der Waals surface area contributed by atoms with Gasteiger partial charge in [0.2, 0.25) is 5.91 Å². The van der Waals surface area contributed by atoms with E-state index in [0.29, 0.717) is 13.0 Å². The summed E-state index contributed by atoms with van der Waals surface area (Å²) < 4.78 is 0. The van der Waals surface area contributed by atoms with Crippen LogP contribution in [0.25, 0.3) is 0 Å². The van der Waals surface area contributed by atoms with Gasteiger partial charge in [0.1, 0.15) is 0 Å². The zero-order chi connectivity index (χ0) is 17.8. The Morgan fingerprint density at radius 2 is 1.79 bits per heavy atom. The SMILES string of the molecule is CCN(CCCNC(=NC)NCCC(=O)N(C)C)c1ccccc1. The van der Waals surface area contributed by atoms with Crippen molar-refractivity contribution in [3.8, 4) is 0 Å². The normalized spacial score (nSPS) is 11.1. The molecule has 0 aliphatic carbocycles. The monoisotopic (exact) mass is 333 g/mol. The fourth-order valence-corrected chi connectivity index (χ4v) is 2.32. The Morgan fingerprint density at radius 3 is 2.38 bits per heavy atom. The zero-order valence-corrected chi connectivity index (χ0v) is 15.4. The van der Waals surface area contributed by atoms with Crippen molar-refractivity contribution in [2.75, 3.05) is 52.2 Å². The molecule has 1 rings (SSSR count). The average molecular weight is 333 g/mol. The van der Waals surface area contributed by atoms with Crippen molar-refractivity contribution < 1.29 is 4.79 Å². The number of nitrogens with zero attached hydrogens (tertiary/aromatic N) is 3. The molecule has 0 saturated carbocycles. The van der Waals surface area contributed by atoms with Crippen LogP contribution in [0.2, 0.25) is 0 Å². The van der Waals surface area contributed by atoms with Crippen molar-refractivity contribution >= 4 is 17.6 Å². The predicted octanol–water partition coefficient (Wildman–Crippen LogP) is 1.55. The van der Waals surface area contributed by atoms with Crippen LogP contribution in [0.3, 0.4) is 0 Å². The molecule has 0 aliphatic rings. The van der Waals surface area contributed by atoms with E-state index in [1.165, 1.54) is 5.69 Å². The van der Waals surface area contributed by atoms with E-state index in [9.17, 15) is 4.79 Å². The minimum absolute atomic E-state index is 0.111. The van der Waals surface area contributed by atoms with Gasteiger partial charge in [-0.05, 0) is 25.5 Å². The van der Waals surface area contributed by atoms with Gasteiger partial charge >= 0.3 is 0 Å². The van der Waals surface area contributed by atoms with Crippen LogP contribution in [0.1, 0.15) is 19.8 Å². The first-order valence-electron chi connectivity index (χ1n) is 8.53. The van der Waals surface area contributed by atoms with Gasteiger partial charge in [0, 0.05) is 59.4 Å². The molecule has 1 aromatic rings. The quantitative estimate of drug-likeness (QED) is 0.409. The second-order valence-corrected chi connectivity index (χ2v) is 5.73. The third kappa shape index (κ3) is 7.35. The first-order valence-corrected chi connectivity index (χ1v) is 8.53. The number of nitrogens with one attached hydrogen (secondary N) is 2. The molecule has 134 valence electrons. The molecule has 24 heavy (non-hydrogen) atoms. The fraction of sp³-hybridized carbons (Fsp3) is 0.556. The Kier molecular flexibility index (Phi) is 9.34. The second-order valence-electron chi connectivity index (χ2n) is 5.73. The molecular formula is C18H31N5O. The largest absolute Gasteiger partial charge is 0.372 e. The smallest absolute Gasteiger partial charge is 0.223 e. The molecule has 6 nitrogen and oxygen atoms in total. The molecular weight excluding hydrogens is 302 g/mol. The number of anilines is 1. The minimum atomic E-state index is 0.111. The van der Waals surface area contributed by atoms with Crippen LogP contribution in [-0.2, 0) is 4.79 Å². The van der Waals surface area contributed by atoms with E-state index in [4.69, 9.17) is 0 Å². The van der Waals surface area contributed by atoms with Gasteiger partial charge < -0.3 is 20.4 Å². The van der Waals surface area contributed by atoms with Crippen molar-refractivity contribution in [1.29, 1.82) is 0 Å². The maximum atomic E-state index is 11.5. The Labute approximate surface area is 145 Å². The van der Waals surface area contributed by atoms with Gasteiger partial charge in [-0.15, -0.1) is 0 Å². The summed E-state index contributed by atoms with van der Waals surface area (Å²) in [6, 6.07) is 10.4. The molecule has 0 spiro atoms. The van der Waals surface area contributed by atoms with Crippen molar-refractivity contribution in [1.82, 2.24) is 15.5 Å². The van der Waals surface area contributed by atoms with Crippen LogP contribution >= 0.6 is 0 Å². The molecule has 0 aliphatic heterocycles. The Bertz CT molecular complexity index is 501. The summed E-state index contributed by atoms with van der Waals surface area (Å²) in [6.07, 6.45) is 1.48. The van der Waals surface area contributed by atoms with Gasteiger partial charge in [-0.2, -0.15) is 0 Å². The van der Waals surface area contributed by atoms with Crippen LogP contribution in [0.4, 0.5) is 5.69 Å². The standard InChI is InChI=1S/C18H31N5O/c1-5-23(16-10-7-6-8-11-16)15-9-13-20-18(19-2)21-14-12-17(24)22(3)4/h6-8,10-11H,5,9,12-15H2,1-4H3,(H2,19,20,21). The summed E-state index contributed by atoms with van der Waals surface area (Å²) >= 11 is 0. The van der Waals surface area contributed by atoms with Gasteiger partial charge in [-0.1, -0.05) is 18.2 Å². The van der Waals surface area contributed by atoms with Gasteiger partial charge in [0.15, 0.2) is 5.96 Å². The summed E-state index contributed by atoms with van der Waals surface area (Å²) in [6.45, 7) is 5.57. The average Bonchev–Trinajstić information content (AvgIpc) is 2.60. The highest BCUT2D eigenvalue weighted by Gasteiger charge is 2.05. The van der Waals surface area contributed by atoms with Gasteiger partial charge in [-0.3, -0.25) is 9.79 Å². The number of amides is 1. The number of benzene rings is 1. The number of guanidine groups is 1. The molecule has 1 amide bonds. The predicted molar refractivity (Wildman–Crippen MR) is 102 cm³/mol. The highest BCUT2D eigenvalue weighted by atomic mass is 16.2. The fourth-order valence-electron chi connectivity index (χ4n) is 2.32. The number of hydrogen-bond acceptors (Lipinski definition) is 3. The number of rotatable bonds is 9. The van der Waals surface area contributed by atoms with E-state index in [1.807, 2.05) is 6.07 Å². The van der Waals surface area contributed by atoms with Crippen molar-refractivity contribution in [3.05, 3.63) is 30.3 Å². The highest BCUT2D eigenvalue weighted by Crippen LogP contribution is 2.12. The maximum absolute atomic E-state index is 11.5. The van der Waals surface area contributed by atoms with E-state index in [-0.39, 0.29) is 5.91 Å². The molecule has 6 heteroatoms. The Morgan fingerprint density at radius 1 is 1.12 bits per heavy atom. The van der Waals surface area contributed by atoms with Crippen LogP contribution in [0.15, 0.2) is 35.3 Å². The minimum Gasteiger partial charge on any atom is -0.372 e. The third-order valence-electron chi connectivity index (χ3n) is 3.75. The van der Waals surface area contributed by atoms with E-state index < -0.39 is 0 Å². The molecule has 0 radical (unpaired) electrons. The summed E-state index contributed by atoms with van der Waals surface area (Å²) in [5, 5.41) is 6.46. The first kappa shape index (κ1) is 19.8. The molecule has 1 aromatic carbocycles. The lowest BCUT2D eigenvalue weighted by atomic mass is 10.2. The summed E-state index contributed by atoms with van der Waals surface area (Å²) in [5.41, 5.74) is 1.25. The number of carbonyl (C=O) groups is 1. The lowest BCUT2D eigenvalue weighted by Crippen LogP contribution is -2.40. The summed E-state index contributed by atoms with van der Waals surface area (Å²) in [5.74, 6) is 0.851. The van der Waals surface area contributed by atoms with Gasteiger partial charge in [0.25, 0.3) is 0 Å². The van der Waals surface area contributed by atoms with E-state index in [2.05, 4.69) is 51.7 Å². The zero-order valence-electron chi connectivity index (χ0n) is 15.4. The number of hydrogen-bond donors (Lipinski definition) is 2. The number of carbonyl (C=O) groups excluding carboxylic acids is 1. The topological polar surface area (TPSA) is 60.0 Å². The van der Waals surface area contributed by atoms with E-state index >= 15 is 0 Å². The van der Waals surface area contributed by atoms with Gasteiger partial charge in [-0.25, -0.2) is 0 Å². The number of para-hydroxylation sites is 1. The van der Waals surface area contributed by atoms with Crippen molar-refractivity contribution in [2.24, 2.45) is 4.99 Å². The Hall–Kier alpha value is -2.24. The first-order chi connectivity index (χ1) is 11.6. The lowest BCUT2D eigenvalue weighted by molar-refractivity contribution is -0.128. The van der Waals surface area contributed by atoms with Gasteiger partial charge in [0.05, 0.1) is 0 Å². The van der Waals surface area contributed by atoms with Crippen LogP contribution < -0.4 is 15.5 Å². The van der Waals surface area contributed by atoms with E-state index in [1.54, 1.807) is 26.0 Å². The van der Waals surface area contributed by atoms with E-state index in [0.717, 1.165) is 32.0 Å². The summed E-state index contributed by atoms with van der Waals surface area (Å²) in [4.78, 5) is 19.7. The van der Waals surface area contributed by atoms with Crippen LogP contribution in [0, 0.1) is 0 Å². The third-order valence-corrected chi connectivity index (χ3v) is 3.75. The Balaban J connectivity index is 2.25. The van der Waals surface area contributed by atoms with Crippen LogP contribution in [-0.4, -0.2) is 64.1 Å². The van der Waals surface area contributed by atoms with Crippen molar-refractivity contribution in [3.63, 3.8) is 0 Å². The lowest BCUT2D eigenvalue weighted by Gasteiger charge is -2.23.